The summed E-state index contributed by atoms with van der Waals surface area (Å²) in [6.45, 7) is 7.76. The molecule has 0 amide bonds. The number of benzene rings is 1. The molecule has 136 valence electrons. The normalized spacial score (nSPS) is 12.3. The number of aliphatic imine (C=N–C) groups is 1. The molecule has 0 spiro atoms. The number of aromatic nitrogens is 1. The van der Waals surface area contributed by atoms with Gasteiger partial charge >= 0.3 is 0 Å². The van der Waals surface area contributed by atoms with Crippen molar-refractivity contribution in [3.05, 3.63) is 75.5 Å². The molecule has 2 rings (SSSR count). The topological polar surface area (TPSA) is 51.4 Å². The van der Waals surface area contributed by atoms with Crippen molar-refractivity contribution >= 4 is 17.2 Å². The van der Waals surface area contributed by atoms with Crippen molar-refractivity contribution < 1.29 is 9.18 Å². The number of hydrogen-bond donors (Lipinski definition) is 0. The molecule has 0 aliphatic rings. The molecule has 1 heterocycles. The molecule has 0 unspecified atom stereocenters. The minimum atomic E-state index is -0.307. The molecule has 0 aliphatic heterocycles. The fraction of sp³-hybridized carbons (Fsp3) is 0.286. The van der Waals surface area contributed by atoms with Gasteiger partial charge in [0.25, 0.3) is 0 Å². The standard InChI is InChI=1S/C21H23FN2O2/c1-5-11-24-13-18(15(4)25)21(26)12-20(24)14(3)23-19(6-2)16-7-9-17(22)10-8-16/h6-10,12-13H,5,11H2,1-4H3/b19-6-,23-14?. The molecule has 0 atom stereocenters. The number of pyridine rings is 1. The molecule has 2 aromatic rings. The second kappa shape index (κ2) is 8.52. The number of nitrogens with zero attached hydrogens (tertiary/aromatic N) is 2. The van der Waals surface area contributed by atoms with Crippen molar-refractivity contribution in [3.8, 4) is 0 Å². The van der Waals surface area contributed by atoms with Crippen molar-refractivity contribution in [1.29, 1.82) is 0 Å². The van der Waals surface area contributed by atoms with Gasteiger partial charge in [0.15, 0.2) is 11.2 Å². The first-order chi connectivity index (χ1) is 12.4. The lowest BCUT2D eigenvalue weighted by molar-refractivity contribution is 0.101. The minimum absolute atomic E-state index is 0.180. The number of rotatable bonds is 6. The second-order valence-electron chi connectivity index (χ2n) is 6.06. The van der Waals surface area contributed by atoms with Gasteiger partial charge in [-0.3, -0.25) is 14.6 Å². The first-order valence-electron chi connectivity index (χ1n) is 8.60. The third kappa shape index (κ3) is 4.42. The SMILES string of the molecule is C/C=C(\N=C(C)c1cc(=O)c(C(C)=O)cn1CCC)c1ccc(F)cc1. The van der Waals surface area contributed by atoms with Gasteiger partial charge in [0, 0.05) is 18.8 Å². The van der Waals surface area contributed by atoms with E-state index < -0.39 is 0 Å². The van der Waals surface area contributed by atoms with Crippen molar-refractivity contribution in [2.75, 3.05) is 0 Å². The molecule has 0 saturated heterocycles. The van der Waals surface area contributed by atoms with Crippen LogP contribution in [-0.2, 0) is 6.54 Å². The lowest BCUT2D eigenvalue weighted by Crippen LogP contribution is -2.21. The van der Waals surface area contributed by atoms with E-state index >= 15 is 0 Å². The van der Waals surface area contributed by atoms with E-state index in [1.54, 1.807) is 18.3 Å². The molecular weight excluding hydrogens is 331 g/mol. The van der Waals surface area contributed by atoms with E-state index in [1.165, 1.54) is 25.1 Å². The first kappa shape index (κ1) is 19.5. The van der Waals surface area contributed by atoms with Gasteiger partial charge in [-0.2, -0.15) is 0 Å². The summed E-state index contributed by atoms with van der Waals surface area (Å²) in [5.41, 5.74) is 2.68. The predicted molar refractivity (Wildman–Crippen MR) is 103 cm³/mol. The van der Waals surface area contributed by atoms with Crippen LogP contribution in [0.15, 0.2) is 52.4 Å². The summed E-state index contributed by atoms with van der Waals surface area (Å²) in [6, 6.07) is 7.57. The fourth-order valence-electron chi connectivity index (χ4n) is 2.73. The maximum Gasteiger partial charge on any atom is 0.193 e. The molecular formula is C21H23FN2O2. The third-order valence-corrected chi connectivity index (χ3v) is 4.04. The summed E-state index contributed by atoms with van der Waals surface area (Å²) in [4.78, 5) is 28.6. The maximum absolute atomic E-state index is 13.1. The van der Waals surface area contributed by atoms with Crippen LogP contribution in [0.1, 0.15) is 55.7 Å². The summed E-state index contributed by atoms with van der Waals surface area (Å²) in [5.74, 6) is -0.553. The van der Waals surface area contributed by atoms with Crippen molar-refractivity contribution in [2.24, 2.45) is 4.99 Å². The largest absolute Gasteiger partial charge is 0.346 e. The molecule has 1 aromatic heterocycles. The smallest absolute Gasteiger partial charge is 0.193 e. The van der Waals surface area contributed by atoms with Gasteiger partial charge in [0.2, 0.25) is 0 Å². The van der Waals surface area contributed by atoms with Crippen LogP contribution in [0.2, 0.25) is 0 Å². The Morgan fingerprint density at radius 1 is 1.23 bits per heavy atom. The van der Waals surface area contributed by atoms with Crippen LogP contribution in [0, 0.1) is 5.82 Å². The predicted octanol–water partition coefficient (Wildman–Crippen LogP) is 4.47. The van der Waals surface area contributed by atoms with E-state index in [0.29, 0.717) is 23.6 Å². The molecule has 1 aromatic carbocycles. The maximum atomic E-state index is 13.1. The molecule has 0 N–H and O–H groups in total. The Morgan fingerprint density at radius 3 is 2.42 bits per heavy atom. The Hall–Kier alpha value is -2.82. The summed E-state index contributed by atoms with van der Waals surface area (Å²) in [6.07, 6.45) is 4.30. The van der Waals surface area contributed by atoms with Crippen LogP contribution >= 0.6 is 0 Å². The van der Waals surface area contributed by atoms with Crippen molar-refractivity contribution in [3.63, 3.8) is 0 Å². The average Bonchev–Trinajstić information content (AvgIpc) is 2.61. The van der Waals surface area contributed by atoms with Crippen LogP contribution in [0.3, 0.4) is 0 Å². The second-order valence-corrected chi connectivity index (χ2v) is 6.06. The molecule has 26 heavy (non-hydrogen) atoms. The van der Waals surface area contributed by atoms with Crippen LogP contribution in [0.5, 0.6) is 0 Å². The van der Waals surface area contributed by atoms with Gasteiger partial charge in [-0.05, 0) is 57.0 Å². The quantitative estimate of drug-likeness (QED) is 0.568. The Balaban J connectivity index is 2.53. The third-order valence-electron chi connectivity index (χ3n) is 4.04. The van der Waals surface area contributed by atoms with E-state index in [0.717, 1.165) is 12.0 Å². The molecule has 0 radical (unpaired) electrons. The average molecular weight is 354 g/mol. The highest BCUT2D eigenvalue weighted by molar-refractivity contribution is 6.01. The molecule has 4 nitrogen and oxygen atoms in total. The van der Waals surface area contributed by atoms with Crippen LogP contribution in [0.4, 0.5) is 4.39 Å². The molecule has 0 fully saturated rings. The highest BCUT2D eigenvalue weighted by Gasteiger charge is 2.12. The summed E-state index contributed by atoms with van der Waals surface area (Å²) in [7, 11) is 0. The zero-order valence-corrected chi connectivity index (χ0v) is 15.5. The van der Waals surface area contributed by atoms with Gasteiger partial charge < -0.3 is 4.57 Å². The van der Waals surface area contributed by atoms with E-state index in [9.17, 15) is 14.0 Å². The van der Waals surface area contributed by atoms with Gasteiger partial charge in [0.05, 0.1) is 22.7 Å². The Morgan fingerprint density at radius 2 is 1.88 bits per heavy atom. The number of halogens is 1. The Bertz CT molecular complexity index is 922. The molecule has 0 bridgehead atoms. The zero-order chi connectivity index (χ0) is 19.3. The van der Waals surface area contributed by atoms with Gasteiger partial charge in [-0.15, -0.1) is 0 Å². The van der Waals surface area contributed by atoms with Gasteiger partial charge in [-0.1, -0.05) is 13.0 Å². The summed E-state index contributed by atoms with van der Waals surface area (Å²) < 4.78 is 15.0. The van der Waals surface area contributed by atoms with E-state index in [1.807, 2.05) is 31.4 Å². The van der Waals surface area contributed by atoms with Crippen LogP contribution in [0.25, 0.3) is 5.70 Å². The summed E-state index contributed by atoms with van der Waals surface area (Å²) in [5, 5.41) is 0. The number of hydrogen-bond acceptors (Lipinski definition) is 3. The molecule has 0 saturated carbocycles. The zero-order valence-electron chi connectivity index (χ0n) is 15.5. The monoisotopic (exact) mass is 354 g/mol. The Labute approximate surface area is 152 Å². The lowest BCUT2D eigenvalue weighted by atomic mass is 10.1. The molecule has 0 aliphatic carbocycles. The highest BCUT2D eigenvalue weighted by Crippen LogP contribution is 2.18. The van der Waals surface area contributed by atoms with E-state index in [-0.39, 0.29) is 22.6 Å². The van der Waals surface area contributed by atoms with Crippen LogP contribution < -0.4 is 5.43 Å². The van der Waals surface area contributed by atoms with Gasteiger partial charge in [0.1, 0.15) is 5.82 Å². The number of allylic oxidation sites excluding steroid dienone is 1. The fourth-order valence-corrected chi connectivity index (χ4v) is 2.73. The van der Waals surface area contributed by atoms with Gasteiger partial charge in [-0.25, -0.2) is 4.39 Å². The lowest BCUT2D eigenvalue weighted by Gasteiger charge is -2.14. The minimum Gasteiger partial charge on any atom is -0.346 e. The van der Waals surface area contributed by atoms with Crippen molar-refractivity contribution in [1.82, 2.24) is 4.57 Å². The number of carbonyl (C=O) groups is 1. The van der Waals surface area contributed by atoms with E-state index in [4.69, 9.17) is 0 Å². The van der Waals surface area contributed by atoms with Crippen LogP contribution in [-0.4, -0.2) is 16.1 Å². The number of ketones is 1. The Kier molecular flexibility index (Phi) is 6.39. The number of carbonyl (C=O) groups excluding carboxylic acids is 1. The first-order valence-corrected chi connectivity index (χ1v) is 8.60. The highest BCUT2D eigenvalue weighted by atomic mass is 19.1. The van der Waals surface area contributed by atoms with E-state index in [2.05, 4.69) is 4.99 Å². The number of aryl methyl sites for hydroxylation is 1. The summed E-state index contributed by atoms with van der Waals surface area (Å²) >= 11 is 0. The van der Waals surface area contributed by atoms with Crippen molar-refractivity contribution in [2.45, 2.75) is 40.7 Å². The molecule has 5 heteroatoms. The number of Topliss-reactive ketones (excluding diaryl/α,β-unsaturated/α-hetero) is 1.